The van der Waals surface area contributed by atoms with E-state index in [1.807, 2.05) is 72.9 Å². The van der Waals surface area contributed by atoms with Gasteiger partial charge in [-0.15, -0.1) is 0 Å². The maximum Gasteiger partial charge on any atom is 0.140 e. The molecule has 0 saturated carbocycles. The van der Waals surface area contributed by atoms with Crippen molar-refractivity contribution < 1.29 is 20.3 Å². The van der Waals surface area contributed by atoms with E-state index in [1.165, 1.54) is 0 Å². The number of hydrogen-bond donors (Lipinski definition) is 3. The van der Waals surface area contributed by atoms with E-state index >= 15 is 0 Å². The van der Waals surface area contributed by atoms with Crippen LogP contribution in [0.2, 0.25) is 0 Å². The molecule has 22 heavy (non-hydrogen) atoms. The number of nitrogens with two attached hydrogens (primary N) is 1. The van der Waals surface area contributed by atoms with Crippen molar-refractivity contribution in [2.75, 3.05) is 13.2 Å². The lowest BCUT2D eigenvalue weighted by molar-refractivity contribution is -0.728. The maximum absolute atomic E-state index is 10.4. The molecule has 0 radical (unpaired) electrons. The monoisotopic (exact) mass is 302 g/mol. The van der Waals surface area contributed by atoms with Gasteiger partial charge in [-0.1, -0.05) is 48.5 Å². The van der Waals surface area contributed by atoms with Crippen molar-refractivity contribution in [1.29, 1.82) is 0 Å². The fourth-order valence-electron chi connectivity index (χ4n) is 2.39. The second kappa shape index (κ2) is 8.54. The fourth-order valence-corrected chi connectivity index (χ4v) is 2.39. The Morgan fingerprint density at radius 2 is 1.59 bits per heavy atom. The van der Waals surface area contributed by atoms with E-state index in [-0.39, 0.29) is 18.7 Å². The number of ether oxygens (including phenoxy) is 1. The summed E-state index contributed by atoms with van der Waals surface area (Å²) in [5, 5.41) is 21.9. The van der Waals surface area contributed by atoms with Crippen LogP contribution in [0.25, 0.3) is 0 Å². The van der Waals surface area contributed by atoms with E-state index in [0.29, 0.717) is 6.61 Å². The van der Waals surface area contributed by atoms with Crippen LogP contribution in [0.4, 0.5) is 0 Å². The third-order valence-electron chi connectivity index (χ3n) is 3.59. The van der Waals surface area contributed by atoms with Gasteiger partial charge in [0.05, 0.1) is 6.61 Å². The zero-order valence-electron chi connectivity index (χ0n) is 12.8. The summed E-state index contributed by atoms with van der Waals surface area (Å²) in [4.78, 5) is 0. The molecule has 3 atom stereocenters. The van der Waals surface area contributed by atoms with Crippen molar-refractivity contribution in [3.8, 4) is 5.75 Å². The highest BCUT2D eigenvalue weighted by Crippen LogP contribution is 2.14. The first kappa shape index (κ1) is 16.5. The predicted octanol–water partition coefficient (Wildman–Crippen LogP) is 1.11. The fraction of sp³-hybridized carbons (Fsp3) is 0.333. The zero-order chi connectivity index (χ0) is 15.8. The molecule has 0 fully saturated rings. The summed E-state index contributed by atoms with van der Waals surface area (Å²) < 4.78 is 5.70. The van der Waals surface area contributed by atoms with Crippen molar-refractivity contribution in [1.82, 2.24) is 0 Å². The van der Waals surface area contributed by atoms with E-state index in [0.717, 1.165) is 11.3 Å². The molecule has 2 rings (SSSR count). The van der Waals surface area contributed by atoms with Gasteiger partial charge in [0.1, 0.15) is 30.5 Å². The van der Waals surface area contributed by atoms with Crippen LogP contribution >= 0.6 is 0 Å². The van der Waals surface area contributed by atoms with Crippen molar-refractivity contribution in [3.63, 3.8) is 0 Å². The molecule has 4 N–H and O–H groups in total. The second-order valence-corrected chi connectivity index (χ2v) is 5.50. The van der Waals surface area contributed by atoms with Gasteiger partial charge in [-0.25, -0.2) is 0 Å². The molecule has 0 aromatic heterocycles. The first-order valence-corrected chi connectivity index (χ1v) is 7.57. The normalized spacial score (nSPS) is 15.0. The molecule has 4 heteroatoms. The van der Waals surface area contributed by atoms with E-state index in [4.69, 9.17) is 4.74 Å². The Labute approximate surface area is 131 Å². The Bertz CT molecular complexity index is 533. The molecule has 0 amide bonds. The lowest BCUT2D eigenvalue weighted by Gasteiger charge is -2.23. The summed E-state index contributed by atoms with van der Waals surface area (Å²) >= 11 is 0. The molecule has 0 heterocycles. The molecule has 2 aromatic carbocycles. The lowest BCUT2D eigenvalue weighted by atomic mass is 10.0. The van der Waals surface area contributed by atoms with E-state index in [9.17, 15) is 10.2 Å². The number of rotatable bonds is 8. The number of benzene rings is 2. The van der Waals surface area contributed by atoms with E-state index < -0.39 is 6.10 Å². The second-order valence-electron chi connectivity index (χ2n) is 5.50. The molecule has 0 saturated heterocycles. The van der Waals surface area contributed by atoms with Gasteiger partial charge in [0.25, 0.3) is 0 Å². The minimum atomic E-state index is -0.703. The molecule has 0 bridgehead atoms. The molecule has 0 aliphatic rings. The summed E-state index contributed by atoms with van der Waals surface area (Å²) in [5.74, 6) is 0.826. The van der Waals surface area contributed by atoms with Gasteiger partial charge in [-0.3, -0.25) is 0 Å². The largest absolute Gasteiger partial charge is 0.487 e. The molecule has 118 valence electrons. The van der Waals surface area contributed by atoms with Crippen molar-refractivity contribution in [3.05, 3.63) is 66.2 Å². The molecule has 0 spiro atoms. The summed E-state index contributed by atoms with van der Waals surface area (Å²) in [6.07, 6.45) is -0.703. The van der Waals surface area contributed by atoms with E-state index in [1.54, 1.807) is 0 Å². The average Bonchev–Trinajstić information content (AvgIpc) is 2.59. The van der Waals surface area contributed by atoms with Crippen LogP contribution < -0.4 is 10.1 Å². The molecule has 4 nitrogen and oxygen atoms in total. The molecule has 2 aromatic rings. The van der Waals surface area contributed by atoms with Gasteiger partial charge in [0.2, 0.25) is 0 Å². The third-order valence-corrected chi connectivity index (χ3v) is 3.59. The molecular formula is C18H24NO3+. The zero-order valence-corrected chi connectivity index (χ0v) is 12.8. The standard InChI is InChI=1S/C18H23NO3/c1-14(13-22-16-10-6-3-7-11-16)19-17(12-20)18(21)15-8-4-2-5-9-15/h2-11,14,17-21H,12-13H2,1H3/p+1/t14-,17-,18+/m0/s1. The number of hydrogen-bond acceptors (Lipinski definition) is 3. The molecule has 0 aliphatic heterocycles. The smallest absolute Gasteiger partial charge is 0.140 e. The quantitative estimate of drug-likeness (QED) is 0.684. The topological polar surface area (TPSA) is 66.3 Å². The number of para-hydroxylation sites is 1. The van der Waals surface area contributed by atoms with E-state index in [2.05, 4.69) is 0 Å². The first-order valence-electron chi connectivity index (χ1n) is 7.57. The predicted molar refractivity (Wildman–Crippen MR) is 85.6 cm³/mol. The molecule has 0 aliphatic carbocycles. The van der Waals surface area contributed by atoms with Gasteiger partial charge in [-0.05, 0) is 24.6 Å². The van der Waals surface area contributed by atoms with Gasteiger partial charge >= 0.3 is 0 Å². The average molecular weight is 302 g/mol. The minimum absolute atomic E-state index is 0.0915. The van der Waals surface area contributed by atoms with Gasteiger partial charge < -0.3 is 20.3 Å². The Kier molecular flexibility index (Phi) is 6.40. The first-order chi connectivity index (χ1) is 10.7. The number of aliphatic hydroxyl groups is 2. The Morgan fingerprint density at radius 1 is 1.00 bits per heavy atom. The summed E-state index contributed by atoms with van der Waals surface area (Å²) in [7, 11) is 0. The van der Waals surface area contributed by atoms with Crippen LogP contribution in [0, 0.1) is 0 Å². The number of aliphatic hydroxyl groups excluding tert-OH is 2. The van der Waals surface area contributed by atoms with Crippen LogP contribution in [-0.4, -0.2) is 35.5 Å². The number of quaternary nitrogens is 1. The maximum atomic E-state index is 10.4. The van der Waals surface area contributed by atoms with Gasteiger partial charge in [-0.2, -0.15) is 0 Å². The lowest BCUT2D eigenvalue weighted by Crippen LogP contribution is -2.97. The highest BCUT2D eigenvalue weighted by molar-refractivity contribution is 5.21. The van der Waals surface area contributed by atoms with Crippen molar-refractivity contribution >= 4 is 0 Å². The SMILES string of the molecule is C[C@@H](COc1ccccc1)[NH2+][C@@H](CO)[C@H](O)c1ccccc1. The summed E-state index contributed by atoms with van der Waals surface area (Å²) in [6.45, 7) is 2.44. The van der Waals surface area contributed by atoms with Gasteiger partial charge in [0.15, 0.2) is 0 Å². The van der Waals surface area contributed by atoms with Crippen molar-refractivity contribution in [2.45, 2.75) is 25.1 Å². The minimum Gasteiger partial charge on any atom is -0.487 e. The Hall–Kier alpha value is -1.88. The van der Waals surface area contributed by atoms with Crippen molar-refractivity contribution in [2.24, 2.45) is 0 Å². The highest BCUT2D eigenvalue weighted by atomic mass is 16.5. The Balaban J connectivity index is 1.86. The summed E-state index contributed by atoms with van der Waals surface area (Å²) in [5.41, 5.74) is 0.814. The van der Waals surface area contributed by atoms with Crippen LogP contribution in [0.5, 0.6) is 5.75 Å². The van der Waals surface area contributed by atoms with Gasteiger partial charge in [0, 0.05) is 0 Å². The van der Waals surface area contributed by atoms with Crippen LogP contribution in [0.1, 0.15) is 18.6 Å². The highest BCUT2D eigenvalue weighted by Gasteiger charge is 2.25. The van der Waals surface area contributed by atoms with Crippen LogP contribution in [0.3, 0.4) is 0 Å². The summed E-state index contributed by atoms with van der Waals surface area (Å²) in [6, 6.07) is 18.9. The Morgan fingerprint density at radius 3 is 2.18 bits per heavy atom. The molecular weight excluding hydrogens is 278 g/mol. The van der Waals surface area contributed by atoms with Crippen LogP contribution in [0.15, 0.2) is 60.7 Å². The third kappa shape index (κ3) is 4.84. The molecule has 0 unspecified atom stereocenters. The van der Waals surface area contributed by atoms with Crippen LogP contribution in [-0.2, 0) is 0 Å².